The van der Waals surface area contributed by atoms with Gasteiger partial charge in [-0.1, -0.05) is 48.5 Å². The van der Waals surface area contributed by atoms with Crippen LogP contribution in [0.3, 0.4) is 0 Å². The summed E-state index contributed by atoms with van der Waals surface area (Å²) < 4.78 is 0. The fraction of sp³-hybridized carbons (Fsp3) is 0.250. The predicted octanol–water partition coefficient (Wildman–Crippen LogP) is 4.35. The van der Waals surface area contributed by atoms with E-state index in [-0.39, 0.29) is 0 Å². The van der Waals surface area contributed by atoms with E-state index in [1.54, 1.807) is 0 Å². The zero-order valence-corrected chi connectivity index (χ0v) is 16.8. The average Bonchev–Trinajstić information content (AvgIpc) is 2.75. The molecular weight excluding hydrogens is 344 g/mol. The zero-order chi connectivity index (χ0) is 19.6. The summed E-state index contributed by atoms with van der Waals surface area (Å²) in [5.74, 6) is 0. The Balaban J connectivity index is 1.43. The summed E-state index contributed by atoms with van der Waals surface area (Å²) in [6.45, 7) is 3.48. The lowest BCUT2D eigenvalue weighted by Crippen LogP contribution is -2.14. The van der Waals surface area contributed by atoms with Crippen LogP contribution in [-0.4, -0.2) is 14.1 Å². The van der Waals surface area contributed by atoms with Crippen LogP contribution in [0, 0.1) is 0 Å². The minimum Gasteiger partial charge on any atom is -0.388 e. The topological polar surface area (TPSA) is 48.1 Å². The van der Waals surface area contributed by atoms with Gasteiger partial charge >= 0.3 is 0 Å². The van der Waals surface area contributed by atoms with Gasteiger partial charge in [-0.25, -0.2) is 0 Å². The summed E-state index contributed by atoms with van der Waals surface area (Å²) >= 11 is 0. The highest BCUT2D eigenvalue weighted by Gasteiger charge is 1.99. The molecule has 146 valence electrons. The number of anilines is 2. The molecule has 0 spiro atoms. The molecule has 0 atom stereocenters. The molecule has 0 heterocycles. The van der Waals surface area contributed by atoms with E-state index in [1.807, 2.05) is 14.1 Å². The van der Waals surface area contributed by atoms with Crippen molar-refractivity contribution in [1.82, 2.24) is 10.6 Å². The van der Waals surface area contributed by atoms with Crippen molar-refractivity contribution in [2.24, 2.45) is 0 Å². The average molecular weight is 375 g/mol. The SMILES string of the molecule is CNc1ccc(CNCc2cccc(CNCc3ccc(NC)cc3)c2)cc1. The first-order valence-electron chi connectivity index (χ1n) is 9.79. The Hall–Kier alpha value is -2.82. The molecule has 4 N–H and O–H groups in total. The van der Waals surface area contributed by atoms with Crippen LogP contribution in [0.2, 0.25) is 0 Å². The van der Waals surface area contributed by atoms with E-state index >= 15 is 0 Å². The largest absolute Gasteiger partial charge is 0.388 e. The first-order chi connectivity index (χ1) is 13.8. The van der Waals surface area contributed by atoms with Crippen LogP contribution in [0.15, 0.2) is 72.8 Å². The van der Waals surface area contributed by atoms with Crippen molar-refractivity contribution in [1.29, 1.82) is 0 Å². The summed E-state index contributed by atoms with van der Waals surface area (Å²) in [7, 11) is 3.88. The van der Waals surface area contributed by atoms with E-state index in [4.69, 9.17) is 0 Å². The molecule has 0 bridgehead atoms. The second-order valence-corrected chi connectivity index (χ2v) is 6.92. The number of hydrogen-bond donors (Lipinski definition) is 4. The molecule has 0 saturated carbocycles. The highest BCUT2D eigenvalue weighted by molar-refractivity contribution is 5.44. The second-order valence-electron chi connectivity index (χ2n) is 6.92. The van der Waals surface area contributed by atoms with Crippen LogP contribution in [0.25, 0.3) is 0 Å². The fourth-order valence-electron chi connectivity index (χ4n) is 3.13. The Morgan fingerprint density at radius 2 is 0.893 bits per heavy atom. The van der Waals surface area contributed by atoms with E-state index in [1.165, 1.54) is 22.3 Å². The maximum atomic E-state index is 3.53. The van der Waals surface area contributed by atoms with Crippen LogP contribution >= 0.6 is 0 Å². The molecule has 4 heteroatoms. The molecule has 28 heavy (non-hydrogen) atoms. The van der Waals surface area contributed by atoms with Gasteiger partial charge in [0.2, 0.25) is 0 Å². The quantitative estimate of drug-likeness (QED) is 0.426. The van der Waals surface area contributed by atoms with Crippen LogP contribution in [-0.2, 0) is 26.2 Å². The maximum Gasteiger partial charge on any atom is 0.0337 e. The molecule has 0 aromatic heterocycles. The minimum absolute atomic E-state index is 0.868. The van der Waals surface area contributed by atoms with Crippen molar-refractivity contribution in [3.63, 3.8) is 0 Å². The molecule has 3 rings (SSSR count). The van der Waals surface area contributed by atoms with E-state index < -0.39 is 0 Å². The third-order valence-corrected chi connectivity index (χ3v) is 4.79. The number of hydrogen-bond acceptors (Lipinski definition) is 4. The van der Waals surface area contributed by atoms with Gasteiger partial charge in [-0.2, -0.15) is 0 Å². The molecule has 0 radical (unpaired) electrons. The fourth-order valence-corrected chi connectivity index (χ4v) is 3.13. The van der Waals surface area contributed by atoms with Gasteiger partial charge in [0.15, 0.2) is 0 Å². The molecule has 0 amide bonds. The number of benzene rings is 3. The van der Waals surface area contributed by atoms with Crippen LogP contribution in [0.4, 0.5) is 11.4 Å². The van der Waals surface area contributed by atoms with Crippen LogP contribution in [0.1, 0.15) is 22.3 Å². The third-order valence-electron chi connectivity index (χ3n) is 4.79. The van der Waals surface area contributed by atoms with E-state index in [2.05, 4.69) is 94.1 Å². The Morgan fingerprint density at radius 1 is 0.500 bits per heavy atom. The molecule has 0 saturated heterocycles. The summed E-state index contributed by atoms with van der Waals surface area (Å²) in [6, 6.07) is 25.8. The second kappa shape index (κ2) is 10.5. The Bertz CT molecular complexity index is 772. The molecule has 4 nitrogen and oxygen atoms in total. The predicted molar refractivity (Wildman–Crippen MR) is 120 cm³/mol. The first kappa shape index (κ1) is 19.9. The minimum atomic E-state index is 0.868. The molecule has 3 aromatic carbocycles. The molecule has 3 aromatic rings. The molecular formula is C24H30N4. The van der Waals surface area contributed by atoms with Crippen molar-refractivity contribution in [3.8, 4) is 0 Å². The highest BCUT2D eigenvalue weighted by atomic mass is 14.9. The van der Waals surface area contributed by atoms with E-state index in [0.717, 1.165) is 37.6 Å². The lowest BCUT2D eigenvalue weighted by molar-refractivity contribution is 0.681. The van der Waals surface area contributed by atoms with Crippen molar-refractivity contribution >= 4 is 11.4 Å². The van der Waals surface area contributed by atoms with Crippen LogP contribution < -0.4 is 21.3 Å². The molecule has 0 aliphatic heterocycles. The highest BCUT2D eigenvalue weighted by Crippen LogP contribution is 2.11. The number of rotatable bonds is 10. The smallest absolute Gasteiger partial charge is 0.0337 e. The zero-order valence-electron chi connectivity index (χ0n) is 16.8. The van der Waals surface area contributed by atoms with Gasteiger partial charge in [0.05, 0.1) is 0 Å². The standard InChI is InChI=1S/C24H30N4/c1-25-23-10-6-19(7-11-23)15-27-17-21-4-3-5-22(14-21)18-28-16-20-8-12-24(26-2)13-9-20/h3-14,25-28H,15-18H2,1-2H3. The molecule has 0 fully saturated rings. The Morgan fingerprint density at radius 3 is 1.29 bits per heavy atom. The van der Waals surface area contributed by atoms with E-state index in [0.29, 0.717) is 0 Å². The lowest BCUT2D eigenvalue weighted by atomic mass is 10.1. The Labute approximate surface area is 168 Å². The van der Waals surface area contributed by atoms with Gasteiger partial charge in [-0.3, -0.25) is 0 Å². The van der Waals surface area contributed by atoms with E-state index in [9.17, 15) is 0 Å². The summed E-state index contributed by atoms with van der Waals surface area (Å²) in [5, 5.41) is 13.3. The molecule has 0 unspecified atom stereocenters. The summed E-state index contributed by atoms with van der Waals surface area (Å²) in [5.41, 5.74) is 7.49. The van der Waals surface area contributed by atoms with Gasteiger partial charge in [0.1, 0.15) is 0 Å². The van der Waals surface area contributed by atoms with Crippen molar-refractivity contribution < 1.29 is 0 Å². The summed E-state index contributed by atoms with van der Waals surface area (Å²) in [6.07, 6.45) is 0. The van der Waals surface area contributed by atoms with Crippen molar-refractivity contribution in [3.05, 3.63) is 95.1 Å². The third kappa shape index (κ3) is 6.12. The monoisotopic (exact) mass is 374 g/mol. The van der Waals surface area contributed by atoms with Gasteiger partial charge in [0, 0.05) is 51.6 Å². The van der Waals surface area contributed by atoms with Crippen molar-refractivity contribution in [2.45, 2.75) is 26.2 Å². The Kier molecular flexibility index (Phi) is 7.47. The van der Waals surface area contributed by atoms with Gasteiger partial charge in [-0.05, 0) is 46.5 Å². The summed E-state index contributed by atoms with van der Waals surface area (Å²) in [4.78, 5) is 0. The molecule has 0 aliphatic carbocycles. The lowest BCUT2D eigenvalue weighted by Gasteiger charge is -2.09. The molecule has 0 aliphatic rings. The van der Waals surface area contributed by atoms with Crippen molar-refractivity contribution in [2.75, 3.05) is 24.7 Å². The van der Waals surface area contributed by atoms with Crippen LogP contribution in [0.5, 0.6) is 0 Å². The van der Waals surface area contributed by atoms with Gasteiger partial charge in [0.25, 0.3) is 0 Å². The normalized spacial score (nSPS) is 10.6. The number of nitrogens with one attached hydrogen (secondary N) is 4. The van der Waals surface area contributed by atoms with Gasteiger partial charge in [-0.15, -0.1) is 0 Å². The maximum absolute atomic E-state index is 3.53. The van der Waals surface area contributed by atoms with Gasteiger partial charge < -0.3 is 21.3 Å². The first-order valence-corrected chi connectivity index (χ1v) is 9.79.